The third-order valence-electron chi connectivity index (χ3n) is 4.55. The van der Waals surface area contributed by atoms with Crippen LogP contribution >= 0.6 is 11.6 Å². The SMILES string of the molecule is CC(C)(COC[C@H](CNC(=O)c1cccnc1)OC(=O)c1cccnc1)Oc1ccc(Cl)cc1. The van der Waals surface area contributed by atoms with E-state index in [9.17, 15) is 9.59 Å². The number of amides is 1. The molecule has 0 aliphatic heterocycles. The van der Waals surface area contributed by atoms with Gasteiger partial charge in [0.05, 0.1) is 30.9 Å². The van der Waals surface area contributed by atoms with Crippen LogP contribution in [0.1, 0.15) is 34.6 Å². The van der Waals surface area contributed by atoms with Gasteiger partial charge < -0.3 is 19.5 Å². The number of hydrogen-bond acceptors (Lipinski definition) is 7. The van der Waals surface area contributed by atoms with Crippen LogP contribution in [0, 0.1) is 0 Å². The van der Waals surface area contributed by atoms with E-state index in [-0.39, 0.29) is 25.7 Å². The first-order valence-electron chi connectivity index (χ1n) is 10.6. The number of nitrogens with zero attached hydrogens (tertiary/aromatic N) is 2. The molecule has 0 aliphatic rings. The van der Waals surface area contributed by atoms with Crippen molar-refractivity contribution in [3.63, 3.8) is 0 Å². The Morgan fingerprint density at radius 2 is 1.65 bits per heavy atom. The average Bonchev–Trinajstić information content (AvgIpc) is 2.84. The minimum atomic E-state index is -0.736. The fraction of sp³-hybridized carbons (Fsp3) is 0.280. The molecule has 0 saturated heterocycles. The molecule has 1 atom stereocenters. The van der Waals surface area contributed by atoms with Gasteiger partial charge in [-0.15, -0.1) is 0 Å². The molecular weight excluding hydrogens is 458 g/mol. The summed E-state index contributed by atoms with van der Waals surface area (Å²) in [5.41, 5.74) is 0.0424. The van der Waals surface area contributed by atoms with Gasteiger partial charge >= 0.3 is 5.97 Å². The predicted octanol–water partition coefficient (Wildman–Crippen LogP) is 3.96. The van der Waals surface area contributed by atoms with Gasteiger partial charge in [-0.1, -0.05) is 11.6 Å². The van der Waals surface area contributed by atoms with Gasteiger partial charge in [0.15, 0.2) is 0 Å². The zero-order valence-electron chi connectivity index (χ0n) is 18.9. The number of pyridine rings is 2. The molecule has 0 unspecified atom stereocenters. The standard InChI is InChI=1S/C25H26ClN3O5/c1-25(2,34-21-9-7-20(26)8-10-21)17-32-16-22(33-24(31)19-6-4-12-28-14-19)15-29-23(30)18-5-3-11-27-13-18/h3-14,22H,15-17H2,1-2H3,(H,29,30)/t22-/m0/s1. The number of ether oxygens (including phenoxy) is 3. The second kappa shape index (κ2) is 12.1. The Morgan fingerprint density at radius 1 is 1.00 bits per heavy atom. The van der Waals surface area contributed by atoms with Gasteiger partial charge in [0.1, 0.15) is 17.5 Å². The van der Waals surface area contributed by atoms with Gasteiger partial charge in [-0.2, -0.15) is 0 Å². The first-order chi connectivity index (χ1) is 16.3. The lowest BCUT2D eigenvalue weighted by Gasteiger charge is -2.27. The highest BCUT2D eigenvalue weighted by Gasteiger charge is 2.23. The van der Waals surface area contributed by atoms with Crippen molar-refractivity contribution in [3.8, 4) is 5.75 Å². The van der Waals surface area contributed by atoms with Gasteiger partial charge in [-0.3, -0.25) is 14.8 Å². The summed E-state index contributed by atoms with van der Waals surface area (Å²) in [4.78, 5) is 32.8. The molecule has 1 aromatic carbocycles. The molecule has 34 heavy (non-hydrogen) atoms. The van der Waals surface area contributed by atoms with Crippen molar-refractivity contribution in [2.45, 2.75) is 25.6 Å². The normalized spacial score (nSPS) is 12.0. The average molecular weight is 484 g/mol. The molecular formula is C25H26ClN3O5. The Hall–Kier alpha value is -3.49. The first-order valence-corrected chi connectivity index (χ1v) is 11.0. The lowest BCUT2D eigenvalue weighted by atomic mass is 10.1. The lowest BCUT2D eigenvalue weighted by molar-refractivity contribution is -0.0421. The molecule has 2 heterocycles. The van der Waals surface area contributed by atoms with Crippen LogP contribution in [-0.4, -0.2) is 53.3 Å². The molecule has 0 radical (unpaired) electrons. The molecule has 0 aliphatic carbocycles. The number of nitrogens with one attached hydrogen (secondary N) is 1. The molecule has 1 amide bonds. The Morgan fingerprint density at radius 3 is 2.26 bits per heavy atom. The van der Waals surface area contributed by atoms with Crippen LogP contribution in [0.2, 0.25) is 5.02 Å². The van der Waals surface area contributed by atoms with Gasteiger partial charge in [0, 0.05) is 29.8 Å². The van der Waals surface area contributed by atoms with Crippen molar-refractivity contribution in [1.29, 1.82) is 0 Å². The van der Waals surface area contributed by atoms with Crippen molar-refractivity contribution in [1.82, 2.24) is 15.3 Å². The molecule has 3 aromatic rings. The maximum Gasteiger partial charge on any atom is 0.340 e. The molecule has 0 fully saturated rings. The Bertz CT molecular complexity index is 1060. The number of rotatable bonds is 11. The molecule has 2 aromatic heterocycles. The fourth-order valence-electron chi connectivity index (χ4n) is 2.93. The largest absolute Gasteiger partial charge is 0.485 e. The van der Waals surface area contributed by atoms with Crippen molar-refractivity contribution < 1.29 is 23.8 Å². The Balaban J connectivity index is 1.58. The number of esters is 1. The maximum absolute atomic E-state index is 12.5. The predicted molar refractivity (Wildman–Crippen MR) is 127 cm³/mol. The number of aromatic nitrogens is 2. The second-order valence-electron chi connectivity index (χ2n) is 8.05. The molecule has 8 nitrogen and oxygen atoms in total. The van der Waals surface area contributed by atoms with Crippen LogP contribution in [0.5, 0.6) is 5.75 Å². The topological polar surface area (TPSA) is 99.6 Å². The summed E-state index contributed by atoms with van der Waals surface area (Å²) in [6.07, 6.45) is 5.28. The Labute approximate surface area is 203 Å². The van der Waals surface area contributed by atoms with E-state index in [4.69, 9.17) is 25.8 Å². The molecule has 9 heteroatoms. The highest BCUT2D eigenvalue weighted by molar-refractivity contribution is 6.30. The minimum Gasteiger partial charge on any atom is -0.485 e. The number of hydrogen-bond donors (Lipinski definition) is 1. The fourth-order valence-corrected chi connectivity index (χ4v) is 3.06. The number of halogens is 1. The van der Waals surface area contributed by atoms with E-state index in [0.29, 0.717) is 21.9 Å². The smallest absolute Gasteiger partial charge is 0.340 e. The summed E-state index contributed by atoms with van der Waals surface area (Å²) in [5, 5.41) is 3.37. The van der Waals surface area contributed by atoms with Crippen molar-refractivity contribution in [2.24, 2.45) is 0 Å². The van der Waals surface area contributed by atoms with Crippen molar-refractivity contribution >= 4 is 23.5 Å². The van der Waals surface area contributed by atoms with Gasteiger partial charge in [-0.25, -0.2) is 4.79 Å². The summed E-state index contributed by atoms with van der Waals surface area (Å²) in [6, 6.07) is 13.6. The van der Waals surface area contributed by atoms with E-state index in [1.165, 1.54) is 12.4 Å². The van der Waals surface area contributed by atoms with Gasteiger partial charge in [-0.05, 0) is 62.4 Å². The monoisotopic (exact) mass is 483 g/mol. The van der Waals surface area contributed by atoms with E-state index >= 15 is 0 Å². The summed E-state index contributed by atoms with van der Waals surface area (Å²) < 4.78 is 17.4. The minimum absolute atomic E-state index is 0.0483. The molecule has 3 rings (SSSR count). The van der Waals surface area contributed by atoms with Crippen LogP contribution in [0.25, 0.3) is 0 Å². The zero-order valence-corrected chi connectivity index (χ0v) is 19.7. The van der Waals surface area contributed by atoms with Crippen LogP contribution in [0.15, 0.2) is 73.3 Å². The van der Waals surface area contributed by atoms with E-state index in [1.54, 1.807) is 60.9 Å². The molecule has 1 N–H and O–H groups in total. The highest BCUT2D eigenvalue weighted by atomic mass is 35.5. The van der Waals surface area contributed by atoms with Gasteiger partial charge in [0.2, 0.25) is 0 Å². The number of carbonyl (C=O) groups is 2. The highest BCUT2D eigenvalue weighted by Crippen LogP contribution is 2.21. The summed E-state index contributed by atoms with van der Waals surface area (Å²) in [7, 11) is 0. The third kappa shape index (κ3) is 8.13. The molecule has 178 valence electrons. The summed E-state index contributed by atoms with van der Waals surface area (Å²) in [6.45, 7) is 4.07. The number of benzene rings is 1. The second-order valence-corrected chi connectivity index (χ2v) is 8.49. The van der Waals surface area contributed by atoms with E-state index in [0.717, 1.165) is 0 Å². The van der Waals surface area contributed by atoms with E-state index in [1.807, 2.05) is 13.8 Å². The lowest BCUT2D eigenvalue weighted by Crippen LogP contribution is -2.40. The first kappa shape index (κ1) is 25.1. The summed E-state index contributed by atoms with van der Waals surface area (Å²) in [5.74, 6) is -0.239. The molecule has 0 spiro atoms. The molecule has 0 saturated carbocycles. The number of carbonyl (C=O) groups excluding carboxylic acids is 2. The van der Waals surface area contributed by atoms with Crippen LogP contribution in [0.4, 0.5) is 0 Å². The van der Waals surface area contributed by atoms with Crippen LogP contribution in [-0.2, 0) is 9.47 Å². The molecule has 0 bridgehead atoms. The van der Waals surface area contributed by atoms with E-state index < -0.39 is 17.7 Å². The third-order valence-corrected chi connectivity index (χ3v) is 4.80. The van der Waals surface area contributed by atoms with Gasteiger partial charge in [0.25, 0.3) is 5.91 Å². The zero-order chi connectivity index (χ0) is 24.4. The Kier molecular flexibility index (Phi) is 8.95. The van der Waals surface area contributed by atoms with Crippen molar-refractivity contribution in [3.05, 3.63) is 89.5 Å². The maximum atomic E-state index is 12.5. The quantitative estimate of drug-likeness (QED) is 0.412. The van der Waals surface area contributed by atoms with Crippen LogP contribution < -0.4 is 10.1 Å². The van der Waals surface area contributed by atoms with E-state index in [2.05, 4.69) is 15.3 Å². The van der Waals surface area contributed by atoms with Crippen molar-refractivity contribution in [2.75, 3.05) is 19.8 Å². The van der Waals surface area contributed by atoms with Crippen LogP contribution in [0.3, 0.4) is 0 Å². The summed E-state index contributed by atoms with van der Waals surface area (Å²) >= 11 is 5.92.